The Morgan fingerprint density at radius 2 is 1.76 bits per heavy atom. The van der Waals surface area contributed by atoms with Gasteiger partial charge in [-0.2, -0.15) is 10.2 Å². The van der Waals surface area contributed by atoms with Crippen LogP contribution in [-0.4, -0.2) is 25.5 Å². The van der Waals surface area contributed by atoms with Crippen LogP contribution in [0.1, 0.15) is 48.8 Å². The molecule has 0 aliphatic carbocycles. The van der Waals surface area contributed by atoms with Crippen molar-refractivity contribution in [2.75, 3.05) is 5.32 Å². The van der Waals surface area contributed by atoms with Crippen molar-refractivity contribution in [1.29, 1.82) is 0 Å². The molecule has 1 N–H and O–H groups in total. The lowest BCUT2D eigenvalue weighted by molar-refractivity contribution is -0.119. The fourth-order valence-electron chi connectivity index (χ4n) is 4.16. The second-order valence-electron chi connectivity index (χ2n) is 8.36. The highest BCUT2D eigenvalue weighted by molar-refractivity contribution is 5.94. The molecular weight excluding hydrogens is 414 g/mol. The third-order valence-corrected chi connectivity index (χ3v) is 6.01. The van der Waals surface area contributed by atoms with Gasteiger partial charge < -0.3 is 5.32 Å². The van der Waals surface area contributed by atoms with E-state index in [-0.39, 0.29) is 11.5 Å². The number of anilines is 1. The molecule has 0 bridgehead atoms. The SMILES string of the molecule is CCc1cccc(NC(=O)[C@H](CC)n2nc(C)c3c(C)n(-c4ccc(C)cc4)nc3c2=O)c1. The highest BCUT2D eigenvalue weighted by Gasteiger charge is 2.25. The summed E-state index contributed by atoms with van der Waals surface area (Å²) in [5.41, 5.74) is 5.33. The molecule has 4 rings (SSSR count). The normalized spacial score (nSPS) is 12.2. The lowest BCUT2D eigenvalue weighted by atomic mass is 10.1. The largest absolute Gasteiger partial charge is 0.324 e. The zero-order chi connectivity index (χ0) is 23.7. The van der Waals surface area contributed by atoms with Gasteiger partial charge in [0.1, 0.15) is 6.04 Å². The Morgan fingerprint density at radius 1 is 1.03 bits per heavy atom. The van der Waals surface area contributed by atoms with Gasteiger partial charge in [-0.1, -0.05) is 43.7 Å². The molecular formula is C26H29N5O2. The fraction of sp³-hybridized carbons (Fsp3) is 0.308. The number of nitrogens with zero attached hydrogens (tertiary/aromatic N) is 4. The van der Waals surface area contributed by atoms with E-state index in [4.69, 9.17) is 0 Å². The molecule has 0 aliphatic rings. The Bertz CT molecular complexity index is 1380. The third-order valence-electron chi connectivity index (χ3n) is 6.01. The van der Waals surface area contributed by atoms with Crippen LogP contribution in [0.3, 0.4) is 0 Å². The van der Waals surface area contributed by atoms with E-state index in [0.29, 0.717) is 23.3 Å². The smallest absolute Gasteiger partial charge is 0.295 e. The van der Waals surface area contributed by atoms with Crippen molar-refractivity contribution < 1.29 is 4.79 Å². The number of fused-ring (bicyclic) bond motifs is 1. The average Bonchev–Trinajstić information content (AvgIpc) is 3.16. The standard InChI is InChI=1S/C26H29N5O2/c1-6-19-9-8-10-20(15-19)27-25(32)22(7-2)31-26(33)24-23(17(4)28-31)18(5)30(29-24)21-13-11-16(3)12-14-21/h8-15,22H,6-7H2,1-5H3,(H,27,32)/t22-/m0/s1. The van der Waals surface area contributed by atoms with Gasteiger partial charge >= 0.3 is 0 Å². The molecule has 0 fully saturated rings. The van der Waals surface area contributed by atoms with Gasteiger partial charge in [-0.05, 0) is 63.4 Å². The Labute approximate surface area is 193 Å². The van der Waals surface area contributed by atoms with Crippen LogP contribution in [0.2, 0.25) is 0 Å². The van der Waals surface area contributed by atoms with Crippen LogP contribution < -0.4 is 10.9 Å². The highest BCUT2D eigenvalue weighted by atomic mass is 16.2. The molecule has 0 unspecified atom stereocenters. The molecule has 170 valence electrons. The molecule has 2 aromatic carbocycles. The molecule has 4 aromatic rings. The predicted octanol–water partition coefficient (Wildman–Crippen LogP) is 4.66. The molecule has 0 radical (unpaired) electrons. The predicted molar refractivity (Wildman–Crippen MR) is 131 cm³/mol. The monoisotopic (exact) mass is 443 g/mol. The molecule has 0 spiro atoms. The van der Waals surface area contributed by atoms with E-state index < -0.39 is 6.04 Å². The second kappa shape index (κ2) is 9.02. The van der Waals surface area contributed by atoms with Gasteiger partial charge in [0.15, 0.2) is 5.52 Å². The van der Waals surface area contributed by atoms with Crippen molar-refractivity contribution in [1.82, 2.24) is 19.6 Å². The van der Waals surface area contributed by atoms with Gasteiger partial charge in [-0.25, -0.2) is 9.36 Å². The molecule has 7 heteroatoms. The van der Waals surface area contributed by atoms with Crippen LogP contribution in [-0.2, 0) is 11.2 Å². The van der Waals surface area contributed by atoms with Crippen LogP contribution in [0.4, 0.5) is 5.69 Å². The van der Waals surface area contributed by atoms with Crippen molar-refractivity contribution in [2.24, 2.45) is 0 Å². The molecule has 2 heterocycles. The van der Waals surface area contributed by atoms with E-state index >= 15 is 0 Å². The fourth-order valence-corrected chi connectivity index (χ4v) is 4.16. The number of hydrogen-bond donors (Lipinski definition) is 1. The minimum absolute atomic E-state index is 0.270. The highest BCUT2D eigenvalue weighted by Crippen LogP contribution is 2.23. The summed E-state index contributed by atoms with van der Waals surface area (Å²) in [7, 11) is 0. The molecule has 33 heavy (non-hydrogen) atoms. The minimum Gasteiger partial charge on any atom is -0.324 e. The van der Waals surface area contributed by atoms with E-state index in [1.54, 1.807) is 4.68 Å². The van der Waals surface area contributed by atoms with Crippen LogP contribution in [0.5, 0.6) is 0 Å². The van der Waals surface area contributed by atoms with E-state index in [9.17, 15) is 9.59 Å². The van der Waals surface area contributed by atoms with Gasteiger partial charge in [-0.15, -0.1) is 0 Å². The second-order valence-corrected chi connectivity index (χ2v) is 8.36. The Balaban J connectivity index is 1.76. The van der Waals surface area contributed by atoms with Gasteiger partial charge in [0.05, 0.1) is 22.5 Å². The summed E-state index contributed by atoms with van der Waals surface area (Å²) >= 11 is 0. The summed E-state index contributed by atoms with van der Waals surface area (Å²) in [6.07, 6.45) is 1.30. The molecule has 1 atom stereocenters. The number of carbonyl (C=O) groups is 1. The number of nitrogens with one attached hydrogen (secondary N) is 1. The number of benzene rings is 2. The molecule has 0 saturated heterocycles. The maximum Gasteiger partial charge on any atom is 0.295 e. The van der Waals surface area contributed by atoms with E-state index in [1.807, 2.05) is 76.2 Å². The van der Waals surface area contributed by atoms with Crippen molar-refractivity contribution in [3.05, 3.63) is 81.4 Å². The summed E-state index contributed by atoms with van der Waals surface area (Å²) in [6.45, 7) is 9.74. The van der Waals surface area contributed by atoms with E-state index in [2.05, 4.69) is 22.4 Å². The van der Waals surface area contributed by atoms with Gasteiger partial charge in [0.25, 0.3) is 5.56 Å². The minimum atomic E-state index is -0.740. The number of amides is 1. The van der Waals surface area contributed by atoms with Crippen molar-refractivity contribution in [3.8, 4) is 5.69 Å². The number of aryl methyl sites for hydroxylation is 4. The van der Waals surface area contributed by atoms with Crippen LogP contribution >= 0.6 is 0 Å². The zero-order valence-electron chi connectivity index (χ0n) is 19.7. The van der Waals surface area contributed by atoms with Crippen molar-refractivity contribution in [3.63, 3.8) is 0 Å². The molecule has 0 aliphatic heterocycles. The molecule has 7 nitrogen and oxygen atoms in total. The first kappa shape index (κ1) is 22.5. The Hall–Kier alpha value is -3.74. The zero-order valence-corrected chi connectivity index (χ0v) is 19.7. The number of hydrogen-bond acceptors (Lipinski definition) is 4. The van der Waals surface area contributed by atoms with Crippen LogP contribution in [0, 0.1) is 20.8 Å². The van der Waals surface area contributed by atoms with Gasteiger partial charge in [-0.3, -0.25) is 9.59 Å². The average molecular weight is 444 g/mol. The van der Waals surface area contributed by atoms with Crippen LogP contribution in [0.25, 0.3) is 16.6 Å². The first-order valence-corrected chi connectivity index (χ1v) is 11.3. The van der Waals surface area contributed by atoms with Gasteiger partial charge in [0, 0.05) is 5.69 Å². The quantitative estimate of drug-likeness (QED) is 0.470. The summed E-state index contributed by atoms with van der Waals surface area (Å²) in [6, 6.07) is 15.0. The lowest BCUT2D eigenvalue weighted by Gasteiger charge is -2.17. The molecule has 2 aromatic heterocycles. The lowest BCUT2D eigenvalue weighted by Crippen LogP contribution is -2.35. The first-order valence-electron chi connectivity index (χ1n) is 11.3. The number of carbonyl (C=O) groups excluding carboxylic acids is 1. The Kier molecular flexibility index (Phi) is 6.14. The first-order chi connectivity index (χ1) is 15.8. The summed E-state index contributed by atoms with van der Waals surface area (Å²) < 4.78 is 3.05. The summed E-state index contributed by atoms with van der Waals surface area (Å²) in [4.78, 5) is 26.6. The van der Waals surface area contributed by atoms with Crippen molar-refractivity contribution in [2.45, 2.75) is 53.5 Å². The third kappa shape index (κ3) is 4.18. The van der Waals surface area contributed by atoms with Gasteiger partial charge in [0.2, 0.25) is 5.91 Å². The van der Waals surface area contributed by atoms with E-state index in [0.717, 1.165) is 34.3 Å². The summed E-state index contributed by atoms with van der Waals surface area (Å²) in [5.74, 6) is -0.270. The van der Waals surface area contributed by atoms with Crippen LogP contribution in [0.15, 0.2) is 53.3 Å². The van der Waals surface area contributed by atoms with Crippen molar-refractivity contribution >= 4 is 22.5 Å². The molecule has 0 saturated carbocycles. The number of aromatic nitrogens is 4. The molecule has 1 amide bonds. The Morgan fingerprint density at radius 3 is 2.42 bits per heavy atom. The summed E-state index contributed by atoms with van der Waals surface area (Å²) in [5, 5.41) is 12.8. The van der Waals surface area contributed by atoms with E-state index in [1.165, 1.54) is 4.68 Å². The topological polar surface area (TPSA) is 81.8 Å². The maximum absolute atomic E-state index is 13.4. The maximum atomic E-state index is 13.4. The number of rotatable bonds is 6.